The molecule has 1 saturated heterocycles. The maximum atomic E-state index is 13.8. The van der Waals surface area contributed by atoms with Gasteiger partial charge < -0.3 is 14.8 Å². The van der Waals surface area contributed by atoms with Gasteiger partial charge in [-0.15, -0.1) is 5.10 Å². The molecular weight excluding hydrogens is 554 g/mol. The van der Waals surface area contributed by atoms with Crippen LogP contribution in [-0.4, -0.2) is 62.7 Å². The lowest BCUT2D eigenvalue weighted by Crippen LogP contribution is -2.47. The monoisotopic (exact) mass is 593 g/mol. The summed E-state index contributed by atoms with van der Waals surface area (Å²) in [6, 6.07) is 14.4. The maximum Gasteiger partial charge on any atom is 0.277 e. The molecule has 0 radical (unpaired) electrons. The van der Waals surface area contributed by atoms with Gasteiger partial charge in [0.1, 0.15) is 11.6 Å². The standard InChI is InChI=1S/C31H39N5O5S/c1-5-23(6-2)29-32-21(4)27-30(37)33-28(34-36(27)29)25-19-24(13-14-26(25)41-7-3)42(39,40)35-17-15-31(38,16-18-35)20-22-11-9-8-10-12-22/h8-14,19,23,38H,5-7,15-18,20H2,1-4H3,(H,33,34,37). The summed E-state index contributed by atoms with van der Waals surface area (Å²) >= 11 is 0. The van der Waals surface area contributed by atoms with Crippen LogP contribution in [0.1, 0.15) is 69.5 Å². The predicted molar refractivity (Wildman–Crippen MR) is 161 cm³/mol. The molecule has 11 heteroatoms. The Morgan fingerprint density at radius 2 is 1.76 bits per heavy atom. The number of aromatic nitrogens is 4. The van der Waals surface area contributed by atoms with Crippen molar-refractivity contribution in [3.8, 4) is 17.1 Å². The van der Waals surface area contributed by atoms with Gasteiger partial charge in [0.2, 0.25) is 10.0 Å². The van der Waals surface area contributed by atoms with Crippen molar-refractivity contribution in [3.63, 3.8) is 0 Å². The highest BCUT2D eigenvalue weighted by atomic mass is 32.2. The minimum atomic E-state index is -3.90. The van der Waals surface area contributed by atoms with Crippen LogP contribution in [0.5, 0.6) is 5.75 Å². The van der Waals surface area contributed by atoms with Gasteiger partial charge in [0.25, 0.3) is 5.56 Å². The number of nitrogens with one attached hydrogen (secondary N) is 1. The van der Waals surface area contributed by atoms with Gasteiger partial charge >= 0.3 is 0 Å². The zero-order valence-electron chi connectivity index (χ0n) is 24.6. The summed E-state index contributed by atoms with van der Waals surface area (Å²) in [6.45, 7) is 8.51. The number of piperidine rings is 1. The Hall–Kier alpha value is -3.54. The summed E-state index contributed by atoms with van der Waals surface area (Å²) in [4.78, 5) is 20.8. The van der Waals surface area contributed by atoms with Crippen molar-refractivity contribution in [2.24, 2.45) is 0 Å². The summed E-state index contributed by atoms with van der Waals surface area (Å²) in [5.74, 6) is 1.44. The van der Waals surface area contributed by atoms with Crippen LogP contribution in [0.15, 0.2) is 58.2 Å². The number of fused-ring (bicyclic) bond motifs is 1. The molecular formula is C31H39N5O5S. The molecule has 10 nitrogen and oxygen atoms in total. The van der Waals surface area contributed by atoms with E-state index in [1.807, 2.05) is 37.3 Å². The van der Waals surface area contributed by atoms with Crippen molar-refractivity contribution in [2.45, 2.75) is 76.2 Å². The number of hydrogen-bond acceptors (Lipinski definition) is 7. The smallest absolute Gasteiger partial charge is 0.277 e. The van der Waals surface area contributed by atoms with E-state index in [9.17, 15) is 18.3 Å². The van der Waals surface area contributed by atoms with Crippen molar-refractivity contribution in [2.75, 3.05) is 19.7 Å². The fraction of sp³-hybridized carbons (Fsp3) is 0.452. The highest BCUT2D eigenvalue weighted by molar-refractivity contribution is 7.89. The van der Waals surface area contributed by atoms with Crippen molar-refractivity contribution >= 4 is 15.5 Å². The average molecular weight is 594 g/mol. The molecule has 1 fully saturated rings. The summed E-state index contributed by atoms with van der Waals surface area (Å²) < 4.78 is 36.5. The number of aromatic amines is 1. The van der Waals surface area contributed by atoms with Crippen LogP contribution in [0.25, 0.3) is 16.9 Å². The number of imidazole rings is 1. The number of sulfonamides is 1. The Bertz CT molecular complexity index is 1720. The minimum Gasteiger partial charge on any atom is -0.493 e. The van der Waals surface area contributed by atoms with Gasteiger partial charge in [-0.05, 0) is 63.3 Å². The molecule has 2 aromatic heterocycles. The Morgan fingerprint density at radius 1 is 1.07 bits per heavy atom. The van der Waals surface area contributed by atoms with Gasteiger partial charge in [0, 0.05) is 25.4 Å². The zero-order chi connectivity index (χ0) is 30.1. The first-order valence-electron chi connectivity index (χ1n) is 14.6. The first kappa shape index (κ1) is 29.9. The Morgan fingerprint density at radius 3 is 2.40 bits per heavy atom. The van der Waals surface area contributed by atoms with Gasteiger partial charge in [0.05, 0.1) is 28.4 Å². The number of H-pyrrole nitrogens is 1. The molecule has 0 unspecified atom stereocenters. The number of rotatable bonds is 10. The Balaban J connectivity index is 1.50. The molecule has 42 heavy (non-hydrogen) atoms. The lowest BCUT2D eigenvalue weighted by Gasteiger charge is -2.37. The molecule has 5 rings (SSSR count). The molecule has 0 bridgehead atoms. The van der Waals surface area contributed by atoms with Crippen molar-refractivity contribution in [1.29, 1.82) is 0 Å². The third-order valence-corrected chi connectivity index (χ3v) is 10.1. The quantitative estimate of drug-likeness (QED) is 0.278. The van der Waals surface area contributed by atoms with Crippen LogP contribution in [0.3, 0.4) is 0 Å². The molecule has 2 aromatic carbocycles. The second kappa shape index (κ2) is 12.0. The molecule has 1 aliphatic rings. The largest absolute Gasteiger partial charge is 0.493 e. The van der Waals surface area contributed by atoms with Crippen LogP contribution in [0, 0.1) is 6.92 Å². The summed E-state index contributed by atoms with van der Waals surface area (Å²) in [6.07, 6.45) is 2.81. The number of aliphatic hydroxyl groups is 1. The Kier molecular flexibility index (Phi) is 8.54. The van der Waals surface area contributed by atoms with Crippen LogP contribution in [0.2, 0.25) is 0 Å². The molecule has 224 valence electrons. The SMILES string of the molecule is CCOc1ccc(S(=O)(=O)N2CCC(O)(Cc3ccccc3)CC2)cc1-c1nn2c(C(CC)CC)nc(C)c2c(=O)[nH]1. The van der Waals surface area contributed by atoms with E-state index in [1.165, 1.54) is 16.4 Å². The van der Waals surface area contributed by atoms with E-state index in [-0.39, 0.29) is 35.3 Å². The van der Waals surface area contributed by atoms with Crippen LogP contribution in [-0.2, 0) is 16.4 Å². The molecule has 0 aliphatic carbocycles. The normalized spacial score (nSPS) is 15.9. The van der Waals surface area contributed by atoms with E-state index in [0.29, 0.717) is 54.2 Å². The lowest BCUT2D eigenvalue weighted by molar-refractivity contribution is -0.00441. The van der Waals surface area contributed by atoms with Gasteiger partial charge in [-0.2, -0.15) is 4.31 Å². The van der Waals surface area contributed by atoms with E-state index in [1.54, 1.807) is 17.5 Å². The lowest BCUT2D eigenvalue weighted by atomic mass is 9.86. The maximum absolute atomic E-state index is 13.8. The molecule has 3 heterocycles. The first-order valence-corrected chi connectivity index (χ1v) is 16.1. The van der Waals surface area contributed by atoms with E-state index in [2.05, 4.69) is 23.8 Å². The summed E-state index contributed by atoms with van der Waals surface area (Å²) in [5.41, 5.74) is 1.04. The molecule has 0 spiro atoms. The predicted octanol–water partition coefficient (Wildman–Crippen LogP) is 4.45. The number of ether oxygens (including phenoxy) is 1. The van der Waals surface area contributed by atoms with Gasteiger partial charge in [-0.1, -0.05) is 44.2 Å². The highest BCUT2D eigenvalue weighted by Crippen LogP contribution is 2.34. The van der Waals surface area contributed by atoms with Crippen molar-refractivity contribution in [1.82, 2.24) is 23.9 Å². The minimum absolute atomic E-state index is 0.0687. The van der Waals surface area contributed by atoms with E-state index in [0.717, 1.165) is 18.4 Å². The van der Waals surface area contributed by atoms with Crippen molar-refractivity contribution in [3.05, 3.63) is 76.0 Å². The van der Waals surface area contributed by atoms with Crippen LogP contribution >= 0.6 is 0 Å². The average Bonchev–Trinajstić information content (AvgIpc) is 3.31. The number of benzene rings is 2. The molecule has 0 atom stereocenters. The third-order valence-electron chi connectivity index (χ3n) is 8.22. The number of aryl methyl sites for hydroxylation is 1. The van der Waals surface area contributed by atoms with E-state index < -0.39 is 15.6 Å². The summed E-state index contributed by atoms with van der Waals surface area (Å²) in [5, 5.41) is 15.9. The molecule has 0 saturated carbocycles. The summed E-state index contributed by atoms with van der Waals surface area (Å²) in [7, 11) is -3.90. The molecule has 1 aliphatic heterocycles. The van der Waals surface area contributed by atoms with Crippen LogP contribution in [0.4, 0.5) is 0 Å². The van der Waals surface area contributed by atoms with E-state index >= 15 is 0 Å². The fourth-order valence-electron chi connectivity index (χ4n) is 5.81. The molecule has 2 N–H and O–H groups in total. The second-order valence-electron chi connectivity index (χ2n) is 11.0. The topological polar surface area (TPSA) is 130 Å². The molecule has 0 amide bonds. The second-order valence-corrected chi connectivity index (χ2v) is 13.0. The first-order chi connectivity index (χ1) is 20.1. The highest BCUT2D eigenvalue weighted by Gasteiger charge is 2.37. The Labute approximate surface area is 246 Å². The fourth-order valence-corrected chi connectivity index (χ4v) is 7.28. The van der Waals surface area contributed by atoms with Gasteiger partial charge in [-0.3, -0.25) is 4.79 Å². The number of nitrogens with zero attached hydrogens (tertiary/aromatic N) is 4. The number of hydrogen-bond donors (Lipinski definition) is 2. The van der Waals surface area contributed by atoms with E-state index in [4.69, 9.17) is 9.84 Å². The van der Waals surface area contributed by atoms with Crippen LogP contribution < -0.4 is 10.3 Å². The van der Waals surface area contributed by atoms with Gasteiger partial charge in [-0.25, -0.2) is 17.9 Å². The zero-order valence-corrected chi connectivity index (χ0v) is 25.4. The van der Waals surface area contributed by atoms with Gasteiger partial charge in [0.15, 0.2) is 11.3 Å². The molecule has 4 aromatic rings. The third kappa shape index (κ3) is 5.73. The van der Waals surface area contributed by atoms with Crippen molar-refractivity contribution < 1.29 is 18.3 Å².